The third-order valence-corrected chi connectivity index (χ3v) is 2.33. The van der Waals surface area contributed by atoms with Gasteiger partial charge < -0.3 is 15.0 Å². The third-order valence-electron chi connectivity index (χ3n) is 2.33. The van der Waals surface area contributed by atoms with Crippen LogP contribution in [0.25, 0.3) is 0 Å². The third kappa shape index (κ3) is 1.33. The Kier molecular flexibility index (Phi) is 1.84. The van der Waals surface area contributed by atoms with Crippen LogP contribution in [-0.4, -0.2) is 40.1 Å². The number of nitrogens with one attached hydrogen (secondary N) is 1. The number of H-pyrrole nitrogens is 1. The molecule has 4 heteroatoms. The molecule has 0 bridgehead atoms. The van der Waals surface area contributed by atoms with Crippen LogP contribution in [0.3, 0.4) is 0 Å². The number of nitrogens with zero attached hydrogens (tertiary/aromatic N) is 1. The Hall–Kier alpha value is -1.29. The summed E-state index contributed by atoms with van der Waals surface area (Å²) in [5.41, 5.74) is 1.65. The van der Waals surface area contributed by atoms with Crippen molar-refractivity contribution in [1.82, 2.24) is 9.88 Å². The van der Waals surface area contributed by atoms with Gasteiger partial charge in [0.15, 0.2) is 0 Å². The summed E-state index contributed by atoms with van der Waals surface area (Å²) in [5.74, 6) is 0.00375. The summed E-state index contributed by atoms with van der Waals surface area (Å²) in [6.45, 7) is 2.81. The van der Waals surface area contributed by atoms with E-state index in [0.717, 1.165) is 5.56 Å². The lowest BCUT2D eigenvalue weighted by molar-refractivity contribution is 0.00586. The highest BCUT2D eigenvalue weighted by atomic mass is 16.3. The number of hydrogen-bond donors (Lipinski definition) is 2. The number of carbonyl (C=O) groups excluding carboxylic acids is 1. The lowest BCUT2D eigenvalue weighted by Gasteiger charge is -2.35. The van der Waals surface area contributed by atoms with Crippen molar-refractivity contribution in [1.29, 1.82) is 0 Å². The standard InChI is InChI=1S/C9H12N2O2/c1-6-2-10-3-8(6)9(13)11-4-7(12)5-11/h2-3,7,10,12H,4-5H2,1H3. The number of aliphatic hydroxyl groups excluding tert-OH is 1. The first-order chi connectivity index (χ1) is 6.18. The predicted molar refractivity (Wildman–Crippen MR) is 47.4 cm³/mol. The van der Waals surface area contributed by atoms with E-state index in [1.165, 1.54) is 0 Å². The fourth-order valence-electron chi connectivity index (χ4n) is 1.46. The number of aromatic nitrogens is 1. The van der Waals surface area contributed by atoms with Crippen LogP contribution in [0.5, 0.6) is 0 Å². The number of aliphatic hydroxyl groups is 1. The van der Waals surface area contributed by atoms with E-state index < -0.39 is 0 Å². The second-order valence-electron chi connectivity index (χ2n) is 3.42. The molecular formula is C9H12N2O2. The Morgan fingerprint density at radius 2 is 2.31 bits per heavy atom. The van der Waals surface area contributed by atoms with Crippen LogP contribution < -0.4 is 0 Å². The first-order valence-corrected chi connectivity index (χ1v) is 4.29. The smallest absolute Gasteiger partial charge is 0.255 e. The maximum Gasteiger partial charge on any atom is 0.255 e. The number of aryl methyl sites for hydroxylation is 1. The van der Waals surface area contributed by atoms with Crippen molar-refractivity contribution in [2.75, 3.05) is 13.1 Å². The second kappa shape index (κ2) is 2.88. The SMILES string of the molecule is Cc1c[nH]cc1C(=O)N1CC(O)C1. The molecule has 2 rings (SSSR count). The van der Waals surface area contributed by atoms with Gasteiger partial charge in [-0.15, -0.1) is 0 Å². The van der Waals surface area contributed by atoms with Crippen molar-refractivity contribution in [3.8, 4) is 0 Å². The first-order valence-electron chi connectivity index (χ1n) is 4.29. The summed E-state index contributed by atoms with van der Waals surface area (Å²) in [5, 5.41) is 9.03. The quantitative estimate of drug-likeness (QED) is 0.646. The minimum absolute atomic E-state index is 0.00375. The molecule has 1 aliphatic heterocycles. The lowest BCUT2D eigenvalue weighted by Crippen LogP contribution is -2.53. The van der Waals surface area contributed by atoms with Crippen molar-refractivity contribution in [2.24, 2.45) is 0 Å². The van der Waals surface area contributed by atoms with Crippen LogP contribution in [0.15, 0.2) is 12.4 Å². The molecule has 0 unspecified atom stereocenters. The van der Waals surface area contributed by atoms with Gasteiger partial charge in [-0.25, -0.2) is 0 Å². The molecule has 0 spiro atoms. The van der Waals surface area contributed by atoms with Crippen molar-refractivity contribution in [3.63, 3.8) is 0 Å². The van der Waals surface area contributed by atoms with Gasteiger partial charge >= 0.3 is 0 Å². The minimum Gasteiger partial charge on any atom is -0.389 e. The van der Waals surface area contributed by atoms with Crippen molar-refractivity contribution in [2.45, 2.75) is 13.0 Å². The highest BCUT2D eigenvalue weighted by Crippen LogP contribution is 2.15. The predicted octanol–water partition coefficient (Wildman–Crippen LogP) is 0.140. The molecule has 1 aromatic rings. The van der Waals surface area contributed by atoms with Gasteiger partial charge in [0.1, 0.15) is 0 Å². The van der Waals surface area contributed by atoms with Gasteiger partial charge in [0, 0.05) is 25.5 Å². The number of likely N-dealkylation sites (tertiary alicyclic amines) is 1. The Morgan fingerprint density at radius 1 is 1.62 bits per heavy atom. The first kappa shape index (κ1) is 8.31. The van der Waals surface area contributed by atoms with Gasteiger partial charge in [0.05, 0.1) is 11.7 Å². The van der Waals surface area contributed by atoms with Gasteiger partial charge in [-0.2, -0.15) is 0 Å². The average Bonchev–Trinajstić information content (AvgIpc) is 2.44. The van der Waals surface area contributed by atoms with E-state index >= 15 is 0 Å². The van der Waals surface area contributed by atoms with Crippen molar-refractivity contribution in [3.05, 3.63) is 23.5 Å². The largest absolute Gasteiger partial charge is 0.389 e. The summed E-state index contributed by atoms with van der Waals surface area (Å²) >= 11 is 0. The molecule has 13 heavy (non-hydrogen) atoms. The monoisotopic (exact) mass is 180 g/mol. The normalized spacial score (nSPS) is 17.2. The molecule has 0 saturated carbocycles. The summed E-state index contributed by atoms with van der Waals surface area (Å²) in [4.78, 5) is 16.2. The topological polar surface area (TPSA) is 56.3 Å². The maximum absolute atomic E-state index is 11.6. The van der Waals surface area contributed by atoms with Crippen LogP contribution in [0.4, 0.5) is 0 Å². The van der Waals surface area contributed by atoms with E-state index in [-0.39, 0.29) is 12.0 Å². The van der Waals surface area contributed by atoms with Crippen LogP contribution >= 0.6 is 0 Å². The van der Waals surface area contributed by atoms with Crippen LogP contribution in [0.1, 0.15) is 15.9 Å². The fraction of sp³-hybridized carbons (Fsp3) is 0.444. The molecule has 0 aromatic carbocycles. The Morgan fingerprint density at radius 3 is 2.77 bits per heavy atom. The van der Waals surface area contributed by atoms with Gasteiger partial charge in [0.2, 0.25) is 0 Å². The molecular weight excluding hydrogens is 168 g/mol. The molecule has 1 aromatic heterocycles. The van der Waals surface area contributed by atoms with Gasteiger partial charge in [0.25, 0.3) is 5.91 Å². The lowest BCUT2D eigenvalue weighted by atomic mass is 10.1. The van der Waals surface area contributed by atoms with Crippen molar-refractivity contribution >= 4 is 5.91 Å². The van der Waals surface area contributed by atoms with E-state index in [4.69, 9.17) is 5.11 Å². The number of aromatic amines is 1. The number of amides is 1. The Labute approximate surface area is 76.2 Å². The van der Waals surface area contributed by atoms with Gasteiger partial charge in [-0.1, -0.05) is 0 Å². The number of β-amino-alcohol motifs (C(OH)–C–C–N with tert-alkyl or cyclic N) is 1. The van der Waals surface area contributed by atoms with Crippen LogP contribution in [0, 0.1) is 6.92 Å². The van der Waals surface area contributed by atoms with Crippen LogP contribution in [0.2, 0.25) is 0 Å². The fourth-order valence-corrected chi connectivity index (χ4v) is 1.46. The second-order valence-corrected chi connectivity index (χ2v) is 3.42. The zero-order valence-corrected chi connectivity index (χ0v) is 7.45. The highest BCUT2D eigenvalue weighted by molar-refractivity contribution is 5.96. The molecule has 2 N–H and O–H groups in total. The van der Waals surface area contributed by atoms with Crippen molar-refractivity contribution < 1.29 is 9.90 Å². The highest BCUT2D eigenvalue weighted by Gasteiger charge is 2.30. The summed E-state index contributed by atoms with van der Waals surface area (Å²) in [6, 6.07) is 0. The molecule has 70 valence electrons. The number of carbonyl (C=O) groups is 1. The molecule has 1 aliphatic rings. The average molecular weight is 180 g/mol. The number of rotatable bonds is 1. The zero-order valence-electron chi connectivity index (χ0n) is 7.45. The Balaban J connectivity index is 2.10. The van der Waals surface area contributed by atoms with E-state index in [0.29, 0.717) is 18.7 Å². The molecule has 4 nitrogen and oxygen atoms in total. The van der Waals surface area contributed by atoms with E-state index in [1.54, 1.807) is 17.3 Å². The number of hydrogen-bond acceptors (Lipinski definition) is 2. The molecule has 0 atom stereocenters. The molecule has 1 fully saturated rings. The minimum atomic E-state index is -0.330. The van der Waals surface area contributed by atoms with Gasteiger partial charge in [-0.05, 0) is 12.5 Å². The maximum atomic E-state index is 11.6. The summed E-state index contributed by atoms with van der Waals surface area (Å²) in [6.07, 6.45) is 3.16. The molecule has 0 aliphatic carbocycles. The van der Waals surface area contributed by atoms with E-state index in [2.05, 4.69) is 4.98 Å². The van der Waals surface area contributed by atoms with Gasteiger partial charge in [-0.3, -0.25) is 4.79 Å². The summed E-state index contributed by atoms with van der Waals surface area (Å²) < 4.78 is 0. The van der Waals surface area contributed by atoms with Crippen LogP contribution in [-0.2, 0) is 0 Å². The zero-order chi connectivity index (χ0) is 9.42. The Bertz CT molecular complexity index is 326. The summed E-state index contributed by atoms with van der Waals surface area (Å²) in [7, 11) is 0. The van der Waals surface area contributed by atoms with E-state index in [1.807, 2.05) is 6.92 Å². The molecule has 0 radical (unpaired) electrons. The molecule has 1 saturated heterocycles. The molecule has 2 heterocycles. The molecule has 1 amide bonds. The van der Waals surface area contributed by atoms with E-state index in [9.17, 15) is 4.79 Å².